The predicted molar refractivity (Wildman–Crippen MR) is 95.8 cm³/mol. The summed E-state index contributed by atoms with van der Waals surface area (Å²) in [5.74, 6) is 0.768. The van der Waals surface area contributed by atoms with Gasteiger partial charge in [0.15, 0.2) is 6.10 Å². The van der Waals surface area contributed by atoms with Crippen molar-refractivity contribution in [1.82, 2.24) is 5.32 Å². The van der Waals surface area contributed by atoms with Gasteiger partial charge in [0.1, 0.15) is 5.75 Å². The van der Waals surface area contributed by atoms with Crippen LogP contribution in [0.4, 0.5) is 0 Å². The summed E-state index contributed by atoms with van der Waals surface area (Å²) in [5.41, 5.74) is 2.26. The van der Waals surface area contributed by atoms with Crippen LogP contribution >= 0.6 is 0 Å². The fourth-order valence-electron chi connectivity index (χ4n) is 2.36. The van der Waals surface area contributed by atoms with Crippen LogP contribution in [-0.4, -0.2) is 30.3 Å². The van der Waals surface area contributed by atoms with Crippen molar-refractivity contribution < 1.29 is 14.6 Å². The first-order valence-corrected chi connectivity index (χ1v) is 8.31. The maximum atomic E-state index is 12.0. The van der Waals surface area contributed by atoms with Gasteiger partial charge in [-0.15, -0.1) is 0 Å². The number of amides is 1. The zero-order chi connectivity index (χ0) is 17.4. The van der Waals surface area contributed by atoms with Crippen LogP contribution < -0.4 is 10.1 Å². The second kappa shape index (κ2) is 9.08. The van der Waals surface area contributed by atoms with E-state index < -0.39 is 6.10 Å². The van der Waals surface area contributed by atoms with Crippen LogP contribution in [0, 0.1) is 5.92 Å². The molecule has 0 fully saturated rings. The van der Waals surface area contributed by atoms with Gasteiger partial charge in [-0.2, -0.15) is 0 Å². The van der Waals surface area contributed by atoms with Crippen molar-refractivity contribution in [2.75, 3.05) is 13.2 Å². The maximum Gasteiger partial charge on any atom is 0.260 e. The lowest BCUT2D eigenvalue weighted by Crippen LogP contribution is -2.38. The summed E-state index contributed by atoms with van der Waals surface area (Å²) in [5, 5.41) is 11.7. The van der Waals surface area contributed by atoms with Gasteiger partial charge in [0.05, 0.1) is 0 Å². The number of aliphatic hydroxyl groups excluding tert-OH is 1. The molecule has 2 aromatic rings. The van der Waals surface area contributed by atoms with Crippen LogP contribution in [0.5, 0.6) is 5.75 Å². The molecule has 0 aromatic heterocycles. The van der Waals surface area contributed by atoms with E-state index in [2.05, 4.69) is 17.4 Å². The molecule has 2 N–H and O–H groups in total. The second-order valence-electron chi connectivity index (χ2n) is 6.01. The van der Waals surface area contributed by atoms with Crippen LogP contribution in [0.25, 0.3) is 11.1 Å². The second-order valence-corrected chi connectivity index (χ2v) is 6.01. The Balaban J connectivity index is 1.87. The minimum Gasteiger partial charge on any atom is -0.481 e. The molecule has 0 aliphatic rings. The van der Waals surface area contributed by atoms with Gasteiger partial charge < -0.3 is 15.2 Å². The average Bonchev–Trinajstić information content (AvgIpc) is 2.61. The smallest absolute Gasteiger partial charge is 0.260 e. The molecule has 24 heavy (non-hydrogen) atoms. The van der Waals surface area contributed by atoms with Gasteiger partial charge in [0, 0.05) is 13.2 Å². The molecule has 0 heterocycles. The molecule has 1 amide bonds. The number of hydrogen-bond donors (Lipinski definition) is 2. The van der Waals surface area contributed by atoms with E-state index in [0.717, 1.165) is 11.1 Å². The monoisotopic (exact) mass is 327 g/mol. The summed E-state index contributed by atoms with van der Waals surface area (Å²) in [6, 6.07) is 17.8. The number of aliphatic hydroxyl groups is 1. The number of hydrogen-bond acceptors (Lipinski definition) is 3. The number of rotatable bonds is 8. The Hall–Kier alpha value is -2.33. The normalized spacial score (nSPS) is 13.1. The molecule has 2 unspecified atom stereocenters. The standard InChI is InChI=1S/C20H25NO3/c1-15(12-13-22)14-21-20(23)16(2)24-19-10-8-18(9-11-19)17-6-4-3-5-7-17/h3-11,15-16,22H,12-14H2,1-2H3,(H,21,23). The topological polar surface area (TPSA) is 58.6 Å². The van der Waals surface area contributed by atoms with Crippen molar-refractivity contribution >= 4 is 5.91 Å². The van der Waals surface area contributed by atoms with Gasteiger partial charge >= 0.3 is 0 Å². The van der Waals surface area contributed by atoms with Crippen molar-refractivity contribution in [3.8, 4) is 16.9 Å². The van der Waals surface area contributed by atoms with Crippen LogP contribution in [0.15, 0.2) is 54.6 Å². The minimum atomic E-state index is -0.561. The predicted octanol–water partition coefficient (Wildman–Crippen LogP) is 3.26. The molecule has 0 saturated heterocycles. The Morgan fingerprint density at radius 1 is 1.04 bits per heavy atom. The van der Waals surface area contributed by atoms with E-state index in [1.54, 1.807) is 6.92 Å². The Labute approximate surface area is 143 Å². The van der Waals surface area contributed by atoms with Gasteiger partial charge in [-0.05, 0) is 42.5 Å². The highest BCUT2D eigenvalue weighted by Gasteiger charge is 2.15. The van der Waals surface area contributed by atoms with Crippen molar-refractivity contribution in [2.45, 2.75) is 26.4 Å². The third kappa shape index (κ3) is 5.39. The molecule has 0 bridgehead atoms. The van der Waals surface area contributed by atoms with Gasteiger partial charge in [-0.1, -0.05) is 49.4 Å². The Kier molecular flexibility index (Phi) is 6.82. The number of carbonyl (C=O) groups excluding carboxylic acids is 1. The number of nitrogens with one attached hydrogen (secondary N) is 1. The van der Waals surface area contributed by atoms with E-state index in [1.807, 2.05) is 49.4 Å². The highest BCUT2D eigenvalue weighted by molar-refractivity contribution is 5.80. The molecule has 128 valence electrons. The van der Waals surface area contributed by atoms with Gasteiger partial charge in [0.25, 0.3) is 5.91 Å². The van der Waals surface area contributed by atoms with E-state index >= 15 is 0 Å². The van der Waals surface area contributed by atoms with E-state index in [1.165, 1.54) is 0 Å². The third-order valence-electron chi connectivity index (χ3n) is 3.89. The molecule has 2 rings (SSSR count). The lowest BCUT2D eigenvalue weighted by Gasteiger charge is -2.17. The average molecular weight is 327 g/mol. The minimum absolute atomic E-state index is 0.136. The summed E-state index contributed by atoms with van der Waals surface area (Å²) < 4.78 is 5.70. The maximum absolute atomic E-state index is 12.0. The first kappa shape index (κ1) is 18.0. The molecule has 4 heteroatoms. The quantitative estimate of drug-likeness (QED) is 0.782. The van der Waals surface area contributed by atoms with Crippen molar-refractivity contribution in [1.29, 1.82) is 0 Å². The Bertz CT molecular complexity index is 625. The number of carbonyl (C=O) groups is 1. The van der Waals surface area contributed by atoms with E-state index in [4.69, 9.17) is 9.84 Å². The van der Waals surface area contributed by atoms with Gasteiger partial charge in [-0.3, -0.25) is 4.79 Å². The van der Waals surface area contributed by atoms with E-state index in [0.29, 0.717) is 18.7 Å². The molecule has 0 radical (unpaired) electrons. The van der Waals surface area contributed by atoms with Crippen molar-refractivity contribution in [2.24, 2.45) is 5.92 Å². The Morgan fingerprint density at radius 2 is 1.67 bits per heavy atom. The number of benzene rings is 2. The van der Waals surface area contributed by atoms with E-state index in [9.17, 15) is 4.79 Å². The summed E-state index contributed by atoms with van der Waals surface area (Å²) in [6.07, 6.45) is 0.116. The zero-order valence-corrected chi connectivity index (χ0v) is 14.2. The first-order chi connectivity index (χ1) is 11.6. The molecular formula is C20H25NO3. The summed E-state index contributed by atoms with van der Waals surface area (Å²) in [6.45, 7) is 4.40. The highest BCUT2D eigenvalue weighted by atomic mass is 16.5. The molecule has 0 aliphatic heterocycles. The zero-order valence-electron chi connectivity index (χ0n) is 14.2. The fraction of sp³-hybridized carbons (Fsp3) is 0.350. The molecule has 0 spiro atoms. The molecule has 0 saturated carbocycles. The molecule has 2 atom stereocenters. The lowest BCUT2D eigenvalue weighted by atomic mass is 10.1. The molecule has 4 nitrogen and oxygen atoms in total. The molecule has 0 aliphatic carbocycles. The summed E-state index contributed by atoms with van der Waals surface area (Å²) in [7, 11) is 0. The van der Waals surface area contributed by atoms with Crippen LogP contribution in [0.2, 0.25) is 0 Å². The first-order valence-electron chi connectivity index (χ1n) is 8.31. The number of ether oxygens (including phenoxy) is 1. The SMILES string of the molecule is CC(CCO)CNC(=O)C(C)Oc1ccc(-c2ccccc2)cc1. The van der Waals surface area contributed by atoms with E-state index in [-0.39, 0.29) is 18.4 Å². The third-order valence-corrected chi connectivity index (χ3v) is 3.89. The summed E-state index contributed by atoms with van der Waals surface area (Å²) >= 11 is 0. The highest BCUT2D eigenvalue weighted by Crippen LogP contribution is 2.22. The van der Waals surface area contributed by atoms with Gasteiger partial charge in [-0.25, -0.2) is 0 Å². The molecule has 2 aromatic carbocycles. The lowest BCUT2D eigenvalue weighted by molar-refractivity contribution is -0.127. The van der Waals surface area contributed by atoms with Crippen molar-refractivity contribution in [3.63, 3.8) is 0 Å². The largest absolute Gasteiger partial charge is 0.481 e. The Morgan fingerprint density at radius 3 is 2.29 bits per heavy atom. The molecular weight excluding hydrogens is 302 g/mol. The van der Waals surface area contributed by atoms with Crippen LogP contribution in [0.3, 0.4) is 0 Å². The van der Waals surface area contributed by atoms with Crippen LogP contribution in [-0.2, 0) is 4.79 Å². The van der Waals surface area contributed by atoms with Crippen molar-refractivity contribution in [3.05, 3.63) is 54.6 Å². The van der Waals surface area contributed by atoms with Gasteiger partial charge in [0.2, 0.25) is 0 Å². The van der Waals surface area contributed by atoms with Crippen LogP contribution in [0.1, 0.15) is 20.3 Å². The summed E-state index contributed by atoms with van der Waals surface area (Å²) in [4.78, 5) is 12.0. The fourth-order valence-corrected chi connectivity index (χ4v) is 2.36.